The Balaban J connectivity index is 3.10. The number of hydrogen-bond donors (Lipinski definition) is 1. The Morgan fingerprint density at radius 1 is 1.30 bits per heavy atom. The van der Waals surface area contributed by atoms with Crippen LogP contribution in [0.15, 0.2) is 28.4 Å². The molecule has 0 aliphatic heterocycles. The second kappa shape index (κ2) is 7.04. The summed E-state index contributed by atoms with van der Waals surface area (Å²) in [4.78, 5) is 22.8. The Bertz CT molecular complexity index is 548. The molecule has 0 aromatic heterocycles. The van der Waals surface area contributed by atoms with Crippen molar-refractivity contribution in [1.29, 1.82) is 0 Å². The van der Waals surface area contributed by atoms with Gasteiger partial charge in [0.1, 0.15) is 11.5 Å². The summed E-state index contributed by atoms with van der Waals surface area (Å²) < 4.78 is 22.7. The van der Waals surface area contributed by atoms with E-state index in [9.17, 15) is 14.0 Å². The maximum atomic E-state index is 13.5. The third kappa shape index (κ3) is 4.06. The fourth-order valence-corrected chi connectivity index (χ4v) is 1.95. The summed E-state index contributed by atoms with van der Waals surface area (Å²) >= 11 is 3.06. The second-order valence-electron chi connectivity index (χ2n) is 3.79. The first-order valence-corrected chi connectivity index (χ1v) is 6.29. The highest BCUT2D eigenvalue weighted by Gasteiger charge is 2.14. The SMILES string of the molecule is COC(=O)/C=C(/Nc1cc(C)c(F)c(Br)c1)C(=O)OC. The molecular weight excluding hydrogens is 333 g/mol. The van der Waals surface area contributed by atoms with Crippen molar-refractivity contribution >= 4 is 33.6 Å². The van der Waals surface area contributed by atoms with E-state index >= 15 is 0 Å². The molecule has 108 valence electrons. The number of anilines is 1. The van der Waals surface area contributed by atoms with Gasteiger partial charge in [-0.05, 0) is 40.5 Å². The number of carbonyl (C=O) groups excluding carboxylic acids is 2. The molecular formula is C13H13BrFNO4. The summed E-state index contributed by atoms with van der Waals surface area (Å²) in [5.74, 6) is -1.85. The van der Waals surface area contributed by atoms with Gasteiger partial charge in [0, 0.05) is 5.69 Å². The molecule has 0 fully saturated rings. The molecule has 5 nitrogen and oxygen atoms in total. The van der Waals surface area contributed by atoms with E-state index in [1.807, 2.05) is 0 Å². The lowest BCUT2D eigenvalue weighted by atomic mass is 10.2. The van der Waals surface area contributed by atoms with Gasteiger partial charge in [0.25, 0.3) is 0 Å². The standard InChI is InChI=1S/C13H13BrFNO4/c1-7-4-8(5-9(14)12(7)15)16-10(13(18)20-3)6-11(17)19-2/h4-6,16H,1-3H3/b10-6+. The summed E-state index contributed by atoms with van der Waals surface area (Å²) in [6.45, 7) is 1.58. The quantitative estimate of drug-likeness (QED) is 0.671. The van der Waals surface area contributed by atoms with Crippen molar-refractivity contribution in [2.45, 2.75) is 6.92 Å². The van der Waals surface area contributed by atoms with Crippen LogP contribution in [-0.2, 0) is 19.1 Å². The van der Waals surface area contributed by atoms with Crippen LogP contribution >= 0.6 is 15.9 Å². The largest absolute Gasteiger partial charge is 0.466 e. The molecule has 0 bridgehead atoms. The Labute approximate surface area is 123 Å². The molecule has 0 saturated heterocycles. The number of esters is 2. The Morgan fingerprint density at radius 2 is 1.95 bits per heavy atom. The number of rotatable bonds is 4. The zero-order valence-corrected chi connectivity index (χ0v) is 12.7. The molecule has 1 rings (SSSR count). The van der Waals surface area contributed by atoms with E-state index in [0.29, 0.717) is 11.3 Å². The average Bonchev–Trinajstić information content (AvgIpc) is 2.42. The van der Waals surface area contributed by atoms with Crippen LogP contribution in [-0.4, -0.2) is 26.2 Å². The topological polar surface area (TPSA) is 64.6 Å². The van der Waals surface area contributed by atoms with Gasteiger partial charge in [-0.3, -0.25) is 0 Å². The van der Waals surface area contributed by atoms with Gasteiger partial charge in [0.05, 0.1) is 24.8 Å². The van der Waals surface area contributed by atoms with E-state index in [2.05, 4.69) is 30.7 Å². The van der Waals surface area contributed by atoms with Crippen LogP contribution in [0.2, 0.25) is 0 Å². The third-order valence-electron chi connectivity index (χ3n) is 2.36. The van der Waals surface area contributed by atoms with Gasteiger partial charge in [0.15, 0.2) is 0 Å². The third-order valence-corrected chi connectivity index (χ3v) is 2.93. The minimum absolute atomic E-state index is 0.114. The molecule has 0 atom stereocenters. The van der Waals surface area contributed by atoms with Crippen LogP contribution in [0.3, 0.4) is 0 Å². The minimum Gasteiger partial charge on any atom is -0.466 e. The Hall–Kier alpha value is -1.89. The van der Waals surface area contributed by atoms with Crippen LogP contribution in [0, 0.1) is 12.7 Å². The highest BCUT2D eigenvalue weighted by atomic mass is 79.9. The van der Waals surface area contributed by atoms with Gasteiger partial charge >= 0.3 is 11.9 Å². The average molecular weight is 346 g/mol. The number of hydrogen-bond acceptors (Lipinski definition) is 5. The van der Waals surface area contributed by atoms with Crippen molar-refractivity contribution in [3.05, 3.63) is 39.8 Å². The minimum atomic E-state index is -0.742. The number of methoxy groups -OCH3 is 2. The lowest BCUT2D eigenvalue weighted by Crippen LogP contribution is -2.15. The molecule has 0 amide bonds. The van der Waals surface area contributed by atoms with Gasteiger partial charge < -0.3 is 14.8 Å². The zero-order valence-electron chi connectivity index (χ0n) is 11.1. The molecule has 1 aromatic rings. The molecule has 1 N–H and O–H groups in total. The number of aryl methyl sites for hydroxylation is 1. The normalized spacial score (nSPS) is 10.9. The molecule has 7 heteroatoms. The molecule has 0 aliphatic carbocycles. The summed E-state index contributed by atoms with van der Waals surface area (Å²) in [5, 5.41) is 2.69. The smallest absolute Gasteiger partial charge is 0.354 e. The lowest BCUT2D eigenvalue weighted by Gasteiger charge is -2.11. The molecule has 20 heavy (non-hydrogen) atoms. The van der Waals surface area contributed by atoms with Crippen molar-refractivity contribution in [2.24, 2.45) is 0 Å². The number of nitrogens with one attached hydrogen (secondary N) is 1. The highest BCUT2D eigenvalue weighted by Crippen LogP contribution is 2.24. The van der Waals surface area contributed by atoms with Crippen molar-refractivity contribution in [3.63, 3.8) is 0 Å². The Kier molecular flexibility index (Phi) is 5.69. The number of halogens is 2. The summed E-state index contributed by atoms with van der Waals surface area (Å²) in [5.41, 5.74) is 0.692. The molecule has 0 saturated carbocycles. The number of carbonyl (C=O) groups is 2. The molecule has 0 heterocycles. The van der Waals surface area contributed by atoms with E-state index in [1.54, 1.807) is 6.92 Å². The van der Waals surface area contributed by atoms with Gasteiger partial charge in [0.2, 0.25) is 0 Å². The maximum absolute atomic E-state index is 13.5. The van der Waals surface area contributed by atoms with Gasteiger partial charge in [-0.15, -0.1) is 0 Å². The van der Waals surface area contributed by atoms with Crippen LogP contribution in [0.5, 0.6) is 0 Å². The van der Waals surface area contributed by atoms with Crippen molar-refractivity contribution in [1.82, 2.24) is 0 Å². The second-order valence-corrected chi connectivity index (χ2v) is 4.64. The van der Waals surface area contributed by atoms with E-state index < -0.39 is 17.8 Å². The molecule has 0 spiro atoms. The summed E-state index contributed by atoms with van der Waals surface area (Å²) in [6, 6.07) is 2.94. The molecule has 0 aliphatic rings. The summed E-state index contributed by atoms with van der Waals surface area (Å²) in [7, 11) is 2.37. The maximum Gasteiger partial charge on any atom is 0.354 e. The molecule has 1 aromatic carbocycles. The van der Waals surface area contributed by atoms with Crippen molar-refractivity contribution in [3.8, 4) is 0 Å². The highest BCUT2D eigenvalue weighted by molar-refractivity contribution is 9.10. The van der Waals surface area contributed by atoms with Gasteiger partial charge in [-0.25, -0.2) is 14.0 Å². The zero-order chi connectivity index (χ0) is 15.3. The first kappa shape index (κ1) is 16.2. The first-order valence-electron chi connectivity index (χ1n) is 5.49. The fourth-order valence-electron chi connectivity index (χ4n) is 1.39. The van der Waals surface area contributed by atoms with Gasteiger partial charge in [-0.1, -0.05) is 0 Å². The number of benzene rings is 1. The number of ether oxygens (including phenoxy) is 2. The lowest BCUT2D eigenvalue weighted by molar-refractivity contribution is -0.138. The van der Waals surface area contributed by atoms with Crippen LogP contribution in [0.25, 0.3) is 0 Å². The van der Waals surface area contributed by atoms with E-state index in [1.165, 1.54) is 26.4 Å². The fraction of sp³-hybridized carbons (Fsp3) is 0.231. The monoisotopic (exact) mass is 345 g/mol. The predicted octanol–water partition coefficient (Wildman–Crippen LogP) is 2.54. The Morgan fingerprint density at radius 3 is 2.45 bits per heavy atom. The van der Waals surface area contributed by atoms with E-state index in [-0.39, 0.29) is 10.2 Å². The summed E-state index contributed by atoms with van der Waals surface area (Å²) in [6.07, 6.45) is 0.957. The van der Waals surface area contributed by atoms with Crippen molar-refractivity contribution < 1.29 is 23.5 Å². The van der Waals surface area contributed by atoms with E-state index in [4.69, 9.17) is 0 Å². The van der Waals surface area contributed by atoms with Crippen LogP contribution in [0.1, 0.15) is 5.56 Å². The van der Waals surface area contributed by atoms with Crippen LogP contribution in [0.4, 0.5) is 10.1 Å². The molecule has 0 unspecified atom stereocenters. The predicted molar refractivity (Wildman–Crippen MR) is 74.6 cm³/mol. The van der Waals surface area contributed by atoms with E-state index in [0.717, 1.165) is 6.08 Å². The van der Waals surface area contributed by atoms with Crippen molar-refractivity contribution in [2.75, 3.05) is 19.5 Å². The molecule has 0 radical (unpaired) electrons. The van der Waals surface area contributed by atoms with Gasteiger partial charge in [-0.2, -0.15) is 0 Å². The first-order chi connectivity index (χ1) is 9.38. The van der Waals surface area contributed by atoms with Crippen LogP contribution < -0.4 is 5.32 Å².